The lowest BCUT2D eigenvalue weighted by Gasteiger charge is -2.07. The molecule has 0 aromatic heterocycles. The molecule has 0 saturated carbocycles. The molecule has 0 aromatic carbocycles. The lowest BCUT2D eigenvalue weighted by atomic mass is 10.2. The number of rotatable bonds is 7. The van der Waals surface area contributed by atoms with Gasteiger partial charge in [0.15, 0.2) is 0 Å². The smallest absolute Gasteiger partial charge is 0.220 e. The molecule has 80 valence electrons. The Morgan fingerprint density at radius 2 is 2.14 bits per heavy atom. The van der Waals surface area contributed by atoms with Gasteiger partial charge in [-0.05, 0) is 13.0 Å². The highest BCUT2D eigenvalue weighted by atomic mass is 16.1. The molecule has 0 spiro atoms. The monoisotopic (exact) mass is 197 g/mol. The summed E-state index contributed by atoms with van der Waals surface area (Å²) < 4.78 is 0. The minimum absolute atomic E-state index is 0.0332. The number of carbonyl (C=O) groups excluding carboxylic acids is 1. The van der Waals surface area contributed by atoms with Crippen molar-refractivity contribution in [2.75, 3.05) is 13.1 Å². The van der Waals surface area contributed by atoms with Crippen LogP contribution in [0.1, 0.15) is 33.1 Å². The highest BCUT2D eigenvalue weighted by Gasteiger charge is 1.99. The molecule has 14 heavy (non-hydrogen) atoms. The molecule has 0 unspecified atom stereocenters. The maximum Gasteiger partial charge on any atom is 0.220 e. The Bertz CT molecular complexity index is 196. The topological polar surface area (TPSA) is 64.9 Å². The van der Waals surface area contributed by atoms with Crippen molar-refractivity contribution in [1.29, 1.82) is 5.26 Å². The van der Waals surface area contributed by atoms with Crippen molar-refractivity contribution in [3.63, 3.8) is 0 Å². The van der Waals surface area contributed by atoms with Crippen molar-refractivity contribution in [3.8, 4) is 6.07 Å². The van der Waals surface area contributed by atoms with E-state index in [0.29, 0.717) is 25.4 Å². The molecule has 4 nitrogen and oxygen atoms in total. The van der Waals surface area contributed by atoms with E-state index < -0.39 is 0 Å². The van der Waals surface area contributed by atoms with Crippen LogP contribution < -0.4 is 10.6 Å². The molecule has 0 atom stereocenters. The summed E-state index contributed by atoms with van der Waals surface area (Å²) in [6, 6.07) is 2.45. The van der Waals surface area contributed by atoms with E-state index in [0.717, 1.165) is 13.0 Å². The van der Waals surface area contributed by atoms with E-state index >= 15 is 0 Å². The maximum atomic E-state index is 11.1. The van der Waals surface area contributed by atoms with Crippen LogP contribution in [0.4, 0.5) is 0 Å². The second-order valence-electron chi connectivity index (χ2n) is 3.47. The van der Waals surface area contributed by atoms with Crippen LogP contribution in [0, 0.1) is 11.3 Å². The standard InChI is InChI=1S/C10H19N3O/c1-9(2)12-7-3-5-10(14)13-8-4-6-11/h9,12H,3-5,7-8H2,1-2H3,(H,13,14). The van der Waals surface area contributed by atoms with Gasteiger partial charge in [-0.15, -0.1) is 0 Å². The van der Waals surface area contributed by atoms with Gasteiger partial charge in [0.2, 0.25) is 5.91 Å². The highest BCUT2D eigenvalue weighted by Crippen LogP contribution is 1.88. The number of carbonyl (C=O) groups is 1. The summed E-state index contributed by atoms with van der Waals surface area (Å²) in [6.07, 6.45) is 1.76. The Kier molecular flexibility index (Phi) is 7.86. The molecular formula is C10H19N3O. The number of amides is 1. The summed E-state index contributed by atoms with van der Waals surface area (Å²) in [5.74, 6) is 0.0332. The van der Waals surface area contributed by atoms with E-state index in [1.807, 2.05) is 6.07 Å². The van der Waals surface area contributed by atoms with E-state index in [2.05, 4.69) is 24.5 Å². The molecule has 0 aliphatic heterocycles. The van der Waals surface area contributed by atoms with Crippen LogP contribution in [-0.4, -0.2) is 25.0 Å². The Morgan fingerprint density at radius 1 is 1.43 bits per heavy atom. The lowest BCUT2D eigenvalue weighted by molar-refractivity contribution is -0.121. The van der Waals surface area contributed by atoms with Gasteiger partial charge in [-0.25, -0.2) is 0 Å². The minimum atomic E-state index is 0.0332. The van der Waals surface area contributed by atoms with Gasteiger partial charge in [0, 0.05) is 19.0 Å². The molecule has 0 fully saturated rings. The minimum Gasteiger partial charge on any atom is -0.355 e. The van der Waals surface area contributed by atoms with Gasteiger partial charge in [-0.2, -0.15) is 5.26 Å². The molecule has 0 heterocycles. The predicted octanol–water partition coefficient (Wildman–Crippen LogP) is 0.794. The zero-order valence-electron chi connectivity index (χ0n) is 8.97. The molecule has 2 N–H and O–H groups in total. The molecule has 0 bridgehead atoms. The van der Waals surface area contributed by atoms with E-state index in [-0.39, 0.29) is 5.91 Å². The molecule has 0 aromatic rings. The Labute approximate surface area is 85.7 Å². The predicted molar refractivity (Wildman–Crippen MR) is 55.6 cm³/mol. The van der Waals surface area contributed by atoms with Crippen LogP contribution in [0.25, 0.3) is 0 Å². The first-order chi connectivity index (χ1) is 6.66. The zero-order valence-corrected chi connectivity index (χ0v) is 8.97. The van der Waals surface area contributed by atoms with Gasteiger partial charge >= 0.3 is 0 Å². The van der Waals surface area contributed by atoms with Crippen LogP contribution in [0.15, 0.2) is 0 Å². The third kappa shape index (κ3) is 9.01. The number of nitriles is 1. The quantitative estimate of drug-likeness (QED) is 0.593. The molecule has 1 amide bonds. The fourth-order valence-electron chi connectivity index (χ4n) is 0.986. The molecular weight excluding hydrogens is 178 g/mol. The fraction of sp³-hybridized carbons (Fsp3) is 0.800. The average Bonchev–Trinajstić information content (AvgIpc) is 2.13. The van der Waals surface area contributed by atoms with E-state index in [1.54, 1.807) is 0 Å². The summed E-state index contributed by atoms with van der Waals surface area (Å²) >= 11 is 0. The normalized spacial score (nSPS) is 9.86. The highest BCUT2D eigenvalue weighted by molar-refractivity contribution is 5.75. The molecule has 0 aliphatic carbocycles. The molecule has 4 heteroatoms. The number of hydrogen-bond acceptors (Lipinski definition) is 3. The fourth-order valence-corrected chi connectivity index (χ4v) is 0.986. The Balaban J connectivity index is 3.23. The molecule has 0 radical (unpaired) electrons. The first-order valence-corrected chi connectivity index (χ1v) is 5.04. The van der Waals surface area contributed by atoms with Gasteiger partial charge in [0.05, 0.1) is 12.5 Å². The molecule has 0 rings (SSSR count). The zero-order chi connectivity index (χ0) is 10.8. The number of hydrogen-bond donors (Lipinski definition) is 2. The first kappa shape index (κ1) is 12.9. The van der Waals surface area contributed by atoms with Gasteiger partial charge in [-0.1, -0.05) is 13.8 Å². The van der Waals surface area contributed by atoms with Gasteiger partial charge < -0.3 is 10.6 Å². The summed E-state index contributed by atoms with van der Waals surface area (Å²) in [5, 5.41) is 14.2. The van der Waals surface area contributed by atoms with Crippen molar-refractivity contribution in [2.24, 2.45) is 0 Å². The van der Waals surface area contributed by atoms with Gasteiger partial charge in [0.25, 0.3) is 0 Å². The summed E-state index contributed by atoms with van der Waals surface area (Å²) in [7, 11) is 0. The van der Waals surface area contributed by atoms with Crippen molar-refractivity contribution in [3.05, 3.63) is 0 Å². The van der Waals surface area contributed by atoms with Crippen molar-refractivity contribution < 1.29 is 4.79 Å². The Morgan fingerprint density at radius 3 is 2.71 bits per heavy atom. The second kappa shape index (κ2) is 8.52. The van der Waals surface area contributed by atoms with Crippen molar-refractivity contribution in [1.82, 2.24) is 10.6 Å². The first-order valence-electron chi connectivity index (χ1n) is 5.04. The third-order valence-electron chi connectivity index (χ3n) is 1.69. The third-order valence-corrected chi connectivity index (χ3v) is 1.69. The van der Waals surface area contributed by atoms with Crippen molar-refractivity contribution >= 4 is 5.91 Å². The van der Waals surface area contributed by atoms with Crippen LogP contribution in [0.2, 0.25) is 0 Å². The van der Waals surface area contributed by atoms with Gasteiger partial charge in [0.1, 0.15) is 0 Å². The van der Waals surface area contributed by atoms with E-state index in [9.17, 15) is 4.79 Å². The summed E-state index contributed by atoms with van der Waals surface area (Å²) in [6.45, 7) is 5.48. The maximum absolute atomic E-state index is 11.1. The van der Waals surface area contributed by atoms with Gasteiger partial charge in [-0.3, -0.25) is 4.79 Å². The van der Waals surface area contributed by atoms with Crippen LogP contribution in [-0.2, 0) is 4.79 Å². The van der Waals surface area contributed by atoms with Crippen LogP contribution in [0.5, 0.6) is 0 Å². The molecule has 0 saturated heterocycles. The number of nitrogens with zero attached hydrogens (tertiary/aromatic N) is 1. The summed E-state index contributed by atoms with van der Waals surface area (Å²) in [4.78, 5) is 11.1. The molecule has 0 aliphatic rings. The largest absolute Gasteiger partial charge is 0.355 e. The average molecular weight is 197 g/mol. The van der Waals surface area contributed by atoms with Crippen LogP contribution in [0.3, 0.4) is 0 Å². The second-order valence-corrected chi connectivity index (χ2v) is 3.47. The SMILES string of the molecule is CC(C)NCCCC(=O)NCCC#N. The van der Waals surface area contributed by atoms with Crippen molar-refractivity contribution in [2.45, 2.75) is 39.2 Å². The summed E-state index contributed by atoms with van der Waals surface area (Å²) in [5.41, 5.74) is 0. The Hall–Kier alpha value is -1.08. The van der Waals surface area contributed by atoms with Crippen LogP contribution >= 0.6 is 0 Å². The lowest BCUT2D eigenvalue weighted by Crippen LogP contribution is -2.27. The van der Waals surface area contributed by atoms with E-state index in [4.69, 9.17) is 5.26 Å². The number of nitrogens with one attached hydrogen (secondary N) is 2. The van der Waals surface area contributed by atoms with E-state index in [1.165, 1.54) is 0 Å².